The van der Waals surface area contributed by atoms with Gasteiger partial charge in [-0.2, -0.15) is 0 Å². The maximum atomic E-state index is 6.45. The smallest absolute Gasteiger partial charge is 0.0642 e. The summed E-state index contributed by atoms with van der Waals surface area (Å²) in [5.41, 5.74) is 1.13. The predicted octanol–water partition coefficient (Wildman–Crippen LogP) is 5.89. The van der Waals surface area contributed by atoms with Crippen molar-refractivity contribution in [1.82, 2.24) is 0 Å². The first-order valence-electron chi connectivity index (χ1n) is 6.32. The van der Waals surface area contributed by atoms with Crippen LogP contribution >= 0.6 is 34.7 Å². The number of halogens is 1. The normalized spacial score (nSPS) is 10.9. The molecule has 4 heteroatoms. The first-order valence-corrected chi connectivity index (χ1v) is 8.73. The van der Waals surface area contributed by atoms with E-state index in [9.17, 15) is 0 Å². The fourth-order valence-electron chi connectivity index (χ4n) is 2.09. The Bertz CT molecular complexity index is 736. The Hall–Kier alpha value is -1.16. The summed E-state index contributed by atoms with van der Waals surface area (Å²) in [7, 11) is 0. The van der Waals surface area contributed by atoms with Crippen LogP contribution in [0.2, 0.25) is 5.02 Å². The molecule has 1 nitrogen and oxygen atoms in total. The number of nitrogens with one attached hydrogen (secondary N) is 1. The number of benzene rings is 2. The van der Waals surface area contributed by atoms with E-state index in [0.717, 1.165) is 22.6 Å². The van der Waals surface area contributed by atoms with E-state index >= 15 is 0 Å². The van der Waals surface area contributed by atoms with Crippen LogP contribution in [0.25, 0.3) is 10.1 Å². The molecule has 3 aromatic rings. The zero-order valence-electron chi connectivity index (χ0n) is 11.0. The molecule has 1 aromatic heterocycles. The third-order valence-corrected chi connectivity index (χ3v) is 5.56. The summed E-state index contributed by atoms with van der Waals surface area (Å²) in [5, 5.41) is 5.47. The van der Waals surface area contributed by atoms with Crippen LogP contribution in [0.3, 0.4) is 0 Å². The van der Waals surface area contributed by atoms with Crippen molar-refractivity contribution in [2.24, 2.45) is 0 Å². The first-order chi connectivity index (χ1) is 9.78. The largest absolute Gasteiger partial charge is 0.380 e. The average molecular weight is 320 g/mol. The van der Waals surface area contributed by atoms with Gasteiger partial charge in [-0.05, 0) is 30.5 Å². The molecule has 0 aliphatic rings. The van der Waals surface area contributed by atoms with E-state index in [1.807, 2.05) is 12.1 Å². The summed E-state index contributed by atoms with van der Waals surface area (Å²) in [6, 6.07) is 16.7. The maximum absolute atomic E-state index is 6.45. The van der Waals surface area contributed by atoms with Crippen LogP contribution in [0.4, 0.5) is 5.69 Å². The lowest BCUT2D eigenvalue weighted by molar-refractivity contribution is 1.19. The van der Waals surface area contributed by atoms with E-state index in [2.05, 4.69) is 48.0 Å². The average Bonchev–Trinajstić information content (AvgIpc) is 2.82. The molecule has 102 valence electrons. The highest BCUT2D eigenvalue weighted by Gasteiger charge is 2.09. The minimum Gasteiger partial charge on any atom is -0.380 e. The van der Waals surface area contributed by atoms with Crippen molar-refractivity contribution in [3.8, 4) is 0 Å². The summed E-state index contributed by atoms with van der Waals surface area (Å²) >= 11 is 9.95. The van der Waals surface area contributed by atoms with Gasteiger partial charge in [-0.1, -0.05) is 35.9 Å². The Morgan fingerprint density at radius 3 is 2.80 bits per heavy atom. The quantitative estimate of drug-likeness (QED) is 0.602. The SMILES string of the molecule is CSc1cccc(NCc2sc3ccccc3c2Cl)c1. The first kappa shape index (κ1) is 13.8. The molecule has 0 bridgehead atoms. The Labute approximate surface area is 132 Å². The van der Waals surface area contributed by atoms with E-state index in [4.69, 9.17) is 11.6 Å². The fourth-order valence-corrected chi connectivity index (χ4v) is 3.99. The molecule has 0 fully saturated rings. The second-order valence-corrected chi connectivity index (χ2v) is 6.82. The van der Waals surface area contributed by atoms with Gasteiger partial charge in [0.2, 0.25) is 0 Å². The van der Waals surface area contributed by atoms with Gasteiger partial charge in [-0.3, -0.25) is 0 Å². The highest BCUT2D eigenvalue weighted by molar-refractivity contribution is 7.98. The minimum absolute atomic E-state index is 0.760. The number of thiophene rings is 1. The standard InChI is InChI=1S/C16H14ClNS2/c1-19-12-6-4-5-11(9-12)18-10-15-16(17)13-7-2-3-8-14(13)20-15/h2-9,18H,10H2,1H3. The van der Waals surface area contributed by atoms with Crippen LogP contribution in [0.1, 0.15) is 4.88 Å². The molecule has 1 heterocycles. The Morgan fingerprint density at radius 2 is 2.00 bits per heavy atom. The van der Waals surface area contributed by atoms with E-state index in [0.29, 0.717) is 0 Å². The third-order valence-electron chi connectivity index (χ3n) is 3.12. The molecule has 0 aliphatic heterocycles. The highest BCUT2D eigenvalue weighted by Crippen LogP contribution is 2.35. The number of anilines is 1. The van der Waals surface area contributed by atoms with Crippen molar-refractivity contribution in [3.63, 3.8) is 0 Å². The number of fused-ring (bicyclic) bond motifs is 1. The van der Waals surface area contributed by atoms with Gasteiger partial charge in [0.1, 0.15) is 0 Å². The lowest BCUT2D eigenvalue weighted by atomic mass is 10.2. The molecule has 20 heavy (non-hydrogen) atoms. The van der Waals surface area contributed by atoms with Crippen LogP contribution in [0.15, 0.2) is 53.4 Å². The Morgan fingerprint density at radius 1 is 1.15 bits per heavy atom. The molecule has 0 unspecified atom stereocenters. The van der Waals surface area contributed by atoms with Gasteiger partial charge < -0.3 is 5.32 Å². The molecule has 2 aromatic carbocycles. The lowest BCUT2D eigenvalue weighted by Gasteiger charge is -2.06. The van der Waals surface area contributed by atoms with Crippen LogP contribution < -0.4 is 5.32 Å². The van der Waals surface area contributed by atoms with Gasteiger partial charge in [-0.25, -0.2) is 0 Å². The van der Waals surface area contributed by atoms with Crippen molar-refractivity contribution >= 4 is 50.5 Å². The van der Waals surface area contributed by atoms with Gasteiger partial charge in [0, 0.05) is 25.5 Å². The number of thioether (sulfide) groups is 1. The molecule has 0 aliphatic carbocycles. The summed E-state index contributed by atoms with van der Waals surface area (Å²) in [6.07, 6.45) is 2.09. The van der Waals surface area contributed by atoms with E-state index in [-0.39, 0.29) is 0 Å². The van der Waals surface area contributed by atoms with Gasteiger partial charge in [-0.15, -0.1) is 23.1 Å². The van der Waals surface area contributed by atoms with Crippen molar-refractivity contribution in [1.29, 1.82) is 0 Å². The molecule has 0 saturated heterocycles. The fraction of sp³-hybridized carbons (Fsp3) is 0.125. The summed E-state index contributed by atoms with van der Waals surface area (Å²) in [4.78, 5) is 2.44. The summed E-state index contributed by atoms with van der Waals surface area (Å²) in [5.74, 6) is 0. The lowest BCUT2D eigenvalue weighted by Crippen LogP contribution is -1.97. The number of rotatable bonds is 4. The van der Waals surface area contributed by atoms with Crippen LogP contribution in [-0.2, 0) is 6.54 Å². The summed E-state index contributed by atoms with van der Waals surface area (Å²) in [6.45, 7) is 0.760. The van der Waals surface area contributed by atoms with E-state index in [1.54, 1.807) is 23.1 Å². The maximum Gasteiger partial charge on any atom is 0.0642 e. The van der Waals surface area contributed by atoms with E-state index < -0.39 is 0 Å². The second kappa shape index (κ2) is 6.08. The van der Waals surface area contributed by atoms with Crippen molar-refractivity contribution in [2.45, 2.75) is 11.4 Å². The molecule has 0 amide bonds. The zero-order valence-corrected chi connectivity index (χ0v) is 13.4. The van der Waals surface area contributed by atoms with Crippen molar-refractivity contribution in [2.75, 3.05) is 11.6 Å². The van der Waals surface area contributed by atoms with Crippen LogP contribution in [0.5, 0.6) is 0 Å². The second-order valence-electron chi connectivity index (χ2n) is 4.42. The van der Waals surface area contributed by atoms with Crippen molar-refractivity contribution < 1.29 is 0 Å². The van der Waals surface area contributed by atoms with Crippen molar-refractivity contribution in [3.05, 3.63) is 58.4 Å². The monoisotopic (exact) mass is 319 g/mol. The highest BCUT2D eigenvalue weighted by atomic mass is 35.5. The molecule has 1 N–H and O–H groups in total. The minimum atomic E-state index is 0.760. The topological polar surface area (TPSA) is 12.0 Å². The predicted molar refractivity (Wildman–Crippen MR) is 92.4 cm³/mol. The molecule has 0 spiro atoms. The molecule has 3 rings (SSSR count). The number of hydrogen-bond acceptors (Lipinski definition) is 3. The number of hydrogen-bond donors (Lipinski definition) is 1. The molecule has 0 radical (unpaired) electrons. The third kappa shape index (κ3) is 2.80. The van der Waals surface area contributed by atoms with Gasteiger partial charge >= 0.3 is 0 Å². The zero-order chi connectivity index (χ0) is 13.9. The molecule has 0 saturated carbocycles. The van der Waals surface area contributed by atoms with Crippen LogP contribution in [0, 0.1) is 0 Å². The molecular formula is C16H14ClNS2. The molecular weight excluding hydrogens is 306 g/mol. The van der Waals surface area contributed by atoms with Gasteiger partial charge in [0.25, 0.3) is 0 Å². The summed E-state index contributed by atoms with van der Waals surface area (Å²) < 4.78 is 1.24. The van der Waals surface area contributed by atoms with Gasteiger partial charge in [0.15, 0.2) is 0 Å². The Kier molecular flexibility index (Phi) is 4.20. The van der Waals surface area contributed by atoms with E-state index in [1.165, 1.54) is 14.5 Å². The van der Waals surface area contributed by atoms with Gasteiger partial charge in [0.05, 0.1) is 11.6 Å². The Balaban J connectivity index is 1.81. The van der Waals surface area contributed by atoms with Crippen LogP contribution in [-0.4, -0.2) is 6.26 Å². The molecule has 0 atom stereocenters.